The van der Waals surface area contributed by atoms with E-state index >= 15 is 0 Å². The van der Waals surface area contributed by atoms with Crippen LogP contribution in [0.5, 0.6) is 5.75 Å². The number of hydrogen-bond donors (Lipinski definition) is 3. The Morgan fingerprint density at radius 2 is 2.04 bits per heavy atom. The molecule has 0 saturated carbocycles. The number of hydrogen-bond acceptors (Lipinski definition) is 5. The normalized spacial score (nSPS) is 16.8. The van der Waals surface area contributed by atoms with Crippen molar-refractivity contribution in [3.63, 3.8) is 0 Å². The Morgan fingerprint density at radius 1 is 1.35 bits per heavy atom. The van der Waals surface area contributed by atoms with Crippen molar-refractivity contribution in [2.45, 2.75) is 13.1 Å². The van der Waals surface area contributed by atoms with E-state index in [2.05, 4.69) is 10.2 Å². The predicted molar refractivity (Wildman–Crippen MR) is 79.6 cm³/mol. The van der Waals surface area contributed by atoms with Crippen LogP contribution in [0.1, 0.15) is 18.1 Å². The van der Waals surface area contributed by atoms with Crippen molar-refractivity contribution in [2.75, 3.05) is 7.11 Å². The van der Waals surface area contributed by atoms with E-state index in [-0.39, 0.29) is 28.7 Å². The van der Waals surface area contributed by atoms with Gasteiger partial charge >= 0.3 is 12.1 Å². The Morgan fingerprint density at radius 3 is 2.61 bits per heavy atom. The molecule has 2 rings (SSSR count). The number of benzene rings is 1. The largest absolute Gasteiger partial charge is 0.497 e. The zero-order valence-electron chi connectivity index (χ0n) is 12.4. The number of methoxy groups -OCH3 is 1. The molecule has 0 amide bonds. The van der Waals surface area contributed by atoms with Gasteiger partial charge in [0.2, 0.25) is 0 Å². The quantitative estimate of drug-likeness (QED) is 0.728. The Bertz CT molecular complexity index is 734. The van der Waals surface area contributed by atoms with Gasteiger partial charge in [-0.3, -0.25) is 0 Å². The summed E-state index contributed by atoms with van der Waals surface area (Å²) in [6.07, 6.45) is -3.21. The van der Waals surface area contributed by atoms with Crippen molar-refractivity contribution in [1.82, 2.24) is 0 Å². The lowest BCUT2D eigenvalue weighted by Gasteiger charge is -2.17. The highest BCUT2D eigenvalue weighted by molar-refractivity contribution is 6.15. The fourth-order valence-electron chi connectivity index (χ4n) is 2.07. The number of alkyl halides is 3. The standard InChI is InChI=1S/C14H14F3N5O/c1-7(18)5-11-12(21-22-13(19)20-11)9-4-3-8(23-2)6-10(9)14(15,16)17/h3-6,18H,1-2H3,(H3,19,20,22)/p+1/b11-5-,18-7?. The van der Waals surface area contributed by atoms with E-state index in [0.717, 1.165) is 6.07 Å². The lowest BCUT2D eigenvalue weighted by molar-refractivity contribution is -0.477. The fourth-order valence-corrected chi connectivity index (χ4v) is 2.07. The van der Waals surface area contributed by atoms with Crippen LogP contribution in [0.15, 0.2) is 40.2 Å². The summed E-state index contributed by atoms with van der Waals surface area (Å²) in [5, 5.41) is 16.3. The van der Waals surface area contributed by atoms with Crippen molar-refractivity contribution >= 4 is 17.4 Å². The van der Waals surface area contributed by atoms with Crippen molar-refractivity contribution in [3.05, 3.63) is 41.1 Å². The second-order valence-corrected chi connectivity index (χ2v) is 4.81. The first kappa shape index (κ1) is 16.7. The Hall–Kier alpha value is -2.68. The predicted octanol–water partition coefficient (Wildman–Crippen LogP) is 1.23. The van der Waals surface area contributed by atoms with Crippen LogP contribution in [0.4, 0.5) is 13.2 Å². The lowest BCUT2D eigenvalue weighted by Crippen LogP contribution is -2.90. The SMILES string of the molecule is COc1ccc(C2=NN=C(N)[NH2+]/C2=C\C(C)=N)c(C(F)(F)F)c1. The zero-order valence-corrected chi connectivity index (χ0v) is 12.4. The minimum Gasteiger partial charge on any atom is -0.497 e. The van der Waals surface area contributed by atoms with Gasteiger partial charge in [0.15, 0.2) is 11.4 Å². The summed E-state index contributed by atoms with van der Waals surface area (Å²) < 4.78 is 44.9. The van der Waals surface area contributed by atoms with Crippen LogP contribution in [0, 0.1) is 5.41 Å². The molecule has 9 heteroatoms. The Labute approximate surface area is 130 Å². The number of rotatable bonds is 3. The number of nitrogens with two attached hydrogens (primary N) is 2. The van der Waals surface area contributed by atoms with E-state index in [9.17, 15) is 13.2 Å². The minimum atomic E-state index is -4.59. The van der Waals surface area contributed by atoms with E-state index in [1.807, 2.05) is 0 Å². The molecule has 0 aliphatic carbocycles. The van der Waals surface area contributed by atoms with Crippen molar-refractivity contribution in [3.8, 4) is 5.75 Å². The molecule has 0 unspecified atom stereocenters. The van der Waals surface area contributed by atoms with Gasteiger partial charge in [0.05, 0.1) is 12.7 Å². The summed E-state index contributed by atoms with van der Waals surface area (Å²) in [4.78, 5) is 0. The first-order valence-electron chi connectivity index (χ1n) is 6.51. The molecule has 0 saturated heterocycles. The molecular formula is C14H15F3N5O+. The smallest absolute Gasteiger partial charge is 0.417 e. The molecule has 122 valence electrons. The van der Waals surface area contributed by atoms with Gasteiger partial charge in [-0.2, -0.15) is 13.2 Å². The van der Waals surface area contributed by atoms with Gasteiger partial charge in [0, 0.05) is 17.4 Å². The molecule has 0 aromatic heterocycles. The van der Waals surface area contributed by atoms with E-state index < -0.39 is 11.7 Å². The summed E-state index contributed by atoms with van der Waals surface area (Å²) in [6.45, 7) is 1.50. The Kier molecular flexibility index (Phi) is 4.50. The second-order valence-electron chi connectivity index (χ2n) is 4.81. The zero-order chi connectivity index (χ0) is 17.2. The van der Waals surface area contributed by atoms with E-state index in [1.165, 1.54) is 37.6 Å². The summed E-state index contributed by atoms with van der Waals surface area (Å²) in [5.41, 5.74) is 4.94. The van der Waals surface area contributed by atoms with Crippen molar-refractivity contribution < 1.29 is 23.2 Å². The van der Waals surface area contributed by atoms with E-state index in [4.69, 9.17) is 15.9 Å². The molecular weight excluding hydrogens is 311 g/mol. The van der Waals surface area contributed by atoms with Gasteiger partial charge in [0.1, 0.15) is 5.75 Å². The average molecular weight is 326 g/mol. The average Bonchev–Trinajstić information content (AvgIpc) is 2.45. The van der Waals surface area contributed by atoms with E-state index in [0.29, 0.717) is 5.70 Å². The van der Waals surface area contributed by atoms with Crippen molar-refractivity contribution in [1.29, 1.82) is 5.41 Å². The third-order valence-corrected chi connectivity index (χ3v) is 3.00. The molecule has 0 atom stereocenters. The third-order valence-electron chi connectivity index (χ3n) is 3.00. The van der Waals surface area contributed by atoms with Crippen LogP contribution in [-0.2, 0) is 6.18 Å². The molecule has 0 radical (unpaired) electrons. The number of nitrogens with zero attached hydrogens (tertiary/aromatic N) is 2. The third kappa shape index (κ3) is 3.75. The fraction of sp³-hybridized carbons (Fsp3) is 0.214. The second kappa shape index (κ2) is 6.21. The summed E-state index contributed by atoms with van der Waals surface area (Å²) in [6, 6.07) is 3.57. The number of guanidine groups is 1. The molecule has 1 aliphatic heterocycles. The number of halogens is 3. The van der Waals surface area contributed by atoms with Gasteiger partial charge in [-0.25, -0.2) is 5.32 Å². The van der Waals surface area contributed by atoms with E-state index in [1.54, 1.807) is 0 Å². The number of quaternary nitrogens is 1. The molecule has 23 heavy (non-hydrogen) atoms. The highest BCUT2D eigenvalue weighted by atomic mass is 19.4. The lowest BCUT2D eigenvalue weighted by atomic mass is 9.99. The number of nitrogens with one attached hydrogen (secondary N) is 1. The molecule has 1 aromatic rings. The van der Waals surface area contributed by atoms with Gasteiger partial charge in [-0.05, 0) is 25.1 Å². The first-order valence-corrected chi connectivity index (χ1v) is 6.51. The molecule has 0 fully saturated rings. The highest BCUT2D eigenvalue weighted by Crippen LogP contribution is 2.35. The first-order chi connectivity index (χ1) is 10.7. The molecule has 0 spiro atoms. The summed E-state index contributed by atoms with van der Waals surface area (Å²) in [5.74, 6) is 0.140. The van der Waals surface area contributed by atoms with Crippen molar-refractivity contribution in [2.24, 2.45) is 15.9 Å². The topological polar surface area (TPSA) is 100 Å². The Balaban J connectivity index is 2.66. The van der Waals surface area contributed by atoms with Gasteiger partial charge < -0.3 is 15.9 Å². The molecule has 0 bridgehead atoms. The number of ether oxygens (including phenoxy) is 1. The summed E-state index contributed by atoms with van der Waals surface area (Å²) in [7, 11) is 1.29. The maximum Gasteiger partial charge on any atom is 0.417 e. The monoisotopic (exact) mass is 326 g/mol. The molecule has 1 heterocycles. The van der Waals surface area contributed by atoms with Crippen LogP contribution in [0.25, 0.3) is 0 Å². The van der Waals surface area contributed by atoms with Crippen LogP contribution < -0.4 is 15.8 Å². The van der Waals surface area contributed by atoms with Gasteiger partial charge in [0.25, 0.3) is 0 Å². The maximum atomic E-state index is 13.3. The van der Waals surface area contributed by atoms with Crippen LogP contribution in [-0.4, -0.2) is 24.5 Å². The highest BCUT2D eigenvalue weighted by Gasteiger charge is 2.37. The minimum absolute atomic E-state index is 0.000720. The molecule has 6 nitrogen and oxygen atoms in total. The summed E-state index contributed by atoms with van der Waals surface area (Å²) >= 11 is 0. The maximum absolute atomic E-state index is 13.3. The number of allylic oxidation sites excluding steroid dienone is 2. The molecule has 1 aliphatic rings. The van der Waals surface area contributed by atoms with Crippen LogP contribution in [0.3, 0.4) is 0 Å². The van der Waals surface area contributed by atoms with Crippen LogP contribution >= 0.6 is 0 Å². The molecule has 5 N–H and O–H groups in total. The van der Waals surface area contributed by atoms with Gasteiger partial charge in [-0.15, -0.1) is 5.10 Å². The van der Waals surface area contributed by atoms with Crippen LogP contribution in [0.2, 0.25) is 0 Å². The molecule has 1 aromatic carbocycles. The van der Waals surface area contributed by atoms with Gasteiger partial charge in [-0.1, -0.05) is 5.10 Å².